The van der Waals surface area contributed by atoms with Gasteiger partial charge in [0.1, 0.15) is 22.9 Å². The van der Waals surface area contributed by atoms with Crippen LogP contribution in [0.2, 0.25) is 0 Å². The molecule has 2 aromatic carbocycles. The van der Waals surface area contributed by atoms with Gasteiger partial charge in [-0.2, -0.15) is 0 Å². The summed E-state index contributed by atoms with van der Waals surface area (Å²) in [6, 6.07) is 13.5. The van der Waals surface area contributed by atoms with Gasteiger partial charge in [0.15, 0.2) is 0 Å². The lowest BCUT2D eigenvalue weighted by Crippen LogP contribution is -2.57. The number of rotatable bonds is 4. The molecule has 1 aliphatic heterocycles. The van der Waals surface area contributed by atoms with Crippen LogP contribution in [-0.4, -0.2) is 45.3 Å². The van der Waals surface area contributed by atoms with Gasteiger partial charge < -0.3 is 15.1 Å². The zero-order chi connectivity index (χ0) is 20.6. The number of carboxylic acids is 1. The molecule has 150 valence electrons. The molecule has 0 radical (unpaired) electrons. The highest BCUT2D eigenvalue weighted by Crippen LogP contribution is 2.38. The van der Waals surface area contributed by atoms with Gasteiger partial charge in [-0.05, 0) is 49.6 Å². The molecule has 4 rings (SSSR count). The third-order valence-corrected chi connectivity index (χ3v) is 5.61. The van der Waals surface area contributed by atoms with Crippen LogP contribution >= 0.6 is 0 Å². The molecule has 7 heteroatoms. The van der Waals surface area contributed by atoms with Crippen molar-refractivity contribution >= 4 is 22.7 Å². The van der Waals surface area contributed by atoms with E-state index in [0.717, 1.165) is 10.9 Å². The maximum absolute atomic E-state index is 13.7. The zero-order valence-electron chi connectivity index (χ0n) is 16.0. The zero-order valence-corrected chi connectivity index (χ0v) is 16.0. The summed E-state index contributed by atoms with van der Waals surface area (Å²) < 4.78 is 13.7. The van der Waals surface area contributed by atoms with E-state index in [0.29, 0.717) is 23.8 Å². The fourth-order valence-corrected chi connectivity index (χ4v) is 4.14. The molecule has 6 nitrogen and oxygen atoms in total. The van der Waals surface area contributed by atoms with Crippen molar-refractivity contribution in [3.63, 3.8) is 0 Å². The van der Waals surface area contributed by atoms with Crippen molar-refractivity contribution in [3.05, 3.63) is 65.7 Å². The Balaban J connectivity index is 1.76. The third kappa shape index (κ3) is 3.53. The van der Waals surface area contributed by atoms with E-state index in [9.17, 15) is 19.4 Å². The first kappa shape index (κ1) is 19.3. The van der Waals surface area contributed by atoms with Crippen LogP contribution in [0, 0.1) is 18.2 Å². The summed E-state index contributed by atoms with van der Waals surface area (Å²) in [7, 11) is 0. The van der Waals surface area contributed by atoms with Crippen LogP contribution in [0.4, 0.5) is 10.2 Å². The first-order chi connectivity index (χ1) is 13.9. The van der Waals surface area contributed by atoms with Gasteiger partial charge in [0.2, 0.25) is 0 Å². The average molecular weight is 395 g/mol. The van der Waals surface area contributed by atoms with E-state index in [1.54, 1.807) is 19.1 Å². The second-order valence-electron chi connectivity index (χ2n) is 7.61. The predicted molar refractivity (Wildman–Crippen MR) is 107 cm³/mol. The molecular weight excluding hydrogens is 373 g/mol. The lowest BCUT2D eigenvalue weighted by molar-refractivity contribution is -0.157. The van der Waals surface area contributed by atoms with Gasteiger partial charge in [-0.15, -0.1) is 0 Å². The van der Waals surface area contributed by atoms with Gasteiger partial charge in [-0.25, -0.2) is 14.4 Å². The number of halogens is 1. The lowest BCUT2D eigenvalue weighted by Gasteiger charge is -2.44. The van der Waals surface area contributed by atoms with E-state index in [1.807, 2.05) is 29.2 Å². The molecule has 0 amide bonds. The number of nitrogens with zero attached hydrogens (tertiary/aromatic N) is 3. The molecule has 0 bridgehead atoms. The minimum atomic E-state index is -1.47. The number of aliphatic carboxylic acids is 1. The fraction of sp³-hybridized carbons (Fsp3) is 0.318. The van der Waals surface area contributed by atoms with Gasteiger partial charge in [0.05, 0.1) is 11.6 Å². The molecule has 1 fully saturated rings. The number of aromatic nitrogens is 2. The fourth-order valence-electron chi connectivity index (χ4n) is 4.14. The van der Waals surface area contributed by atoms with Crippen LogP contribution in [0.3, 0.4) is 0 Å². The number of aliphatic hydroxyl groups is 1. The van der Waals surface area contributed by atoms with Gasteiger partial charge in [-0.1, -0.05) is 24.3 Å². The lowest BCUT2D eigenvalue weighted by atomic mass is 9.72. The van der Waals surface area contributed by atoms with Crippen molar-refractivity contribution in [2.75, 3.05) is 18.0 Å². The third-order valence-electron chi connectivity index (χ3n) is 5.61. The molecule has 2 atom stereocenters. The minimum absolute atomic E-state index is 0.0275. The van der Waals surface area contributed by atoms with Crippen LogP contribution in [0.1, 0.15) is 17.8 Å². The van der Waals surface area contributed by atoms with Crippen LogP contribution < -0.4 is 4.90 Å². The molecule has 0 unspecified atom stereocenters. The topological polar surface area (TPSA) is 86.5 Å². The molecular formula is C22H22FN3O3. The van der Waals surface area contributed by atoms with E-state index in [4.69, 9.17) is 0 Å². The summed E-state index contributed by atoms with van der Waals surface area (Å²) >= 11 is 0. The number of carbonyl (C=O) groups is 1. The number of para-hydroxylation sites is 1. The van der Waals surface area contributed by atoms with E-state index in [2.05, 4.69) is 9.97 Å². The molecule has 3 aromatic rings. The van der Waals surface area contributed by atoms with Gasteiger partial charge in [0.25, 0.3) is 0 Å². The number of hydrogen-bond acceptors (Lipinski definition) is 5. The highest BCUT2D eigenvalue weighted by atomic mass is 19.1. The van der Waals surface area contributed by atoms with E-state index in [1.165, 1.54) is 12.1 Å². The Morgan fingerprint density at radius 3 is 2.79 bits per heavy atom. The Labute approximate surface area is 167 Å². The Kier molecular flexibility index (Phi) is 4.92. The van der Waals surface area contributed by atoms with Crippen molar-refractivity contribution in [1.29, 1.82) is 0 Å². The molecule has 1 saturated heterocycles. The summed E-state index contributed by atoms with van der Waals surface area (Å²) in [5.74, 6) is -0.280. The largest absolute Gasteiger partial charge is 0.481 e. The van der Waals surface area contributed by atoms with Crippen molar-refractivity contribution < 1.29 is 19.4 Å². The van der Waals surface area contributed by atoms with Crippen molar-refractivity contribution in [1.82, 2.24) is 9.97 Å². The van der Waals surface area contributed by atoms with Gasteiger partial charge in [0, 0.05) is 18.5 Å². The molecule has 0 saturated carbocycles. The molecule has 0 aliphatic carbocycles. The number of fused-ring (bicyclic) bond motifs is 1. The Morgan fingerprint density at radius 1 is 1.24 bits per heavy atom. The summed E-state index contributed by atoms with van der Waals surface area (Å²) in [6.07, 6.45) is -0.743. The molecule has 1 aliphatic rings. The molecule has 29 heavy (non-hydrogen) atoms. The molecule has 0 spiro atoms. The van der Waals surface area contributed by atoms with E-state index >= 15 is 0 Å². The van der Waals surface area contributed by atoms with Gasteiger partial charge in [-0.3, -0.25) is 4.79 Å². The van der Waals surface area contributed by atoms with Crippen molar-refractivity contribution in [2.45, 2.75) is 25.9 Å². The van der Waals surface area contributed by atoms with Crippen molar-refractivity contribution in [2.24, 2.45) is 5.41 Å². The molecule has 1 aromatic heterocycles. The van der Waals surface area contributed by atoms with Crippen LogP contribution in [0.5, 0.6) is 0 Å². The SMILES string of the molecule is Cc1nc(N2CC[C@H](O)[C@](Cc3cccc(F)c3)(C(=O)O)C2)c2ccccc2n1. The Morgan fingerprint density at radius 2 is 2.03 bits per heavy atom. The molecule has 2 heterocycles. The van der Waals surface area contributed by atoms with E-state index < -0.39 is 23.3 Å². The predicted octanol–water partition coefficient (Wildman–Crippen LogP) is 2.96. The standard InChI is InChI=1S/C22H22FN3O3/c1-14-24-18-8-3-2-7-17(18)20(25-14)26-10-9-19(27)22(13-26,21(28)29)12-15-5-4-6-16(23)11-15/h2-8,11,19,27H,9-10,12-13H2,1H3,(H,28,29)/t19-,22+/m0/s1. The van der Waals surface area contributed by atoms with Crippen LogP contribution in [0.25, 0.3) is 10.9 Å². The van der Waals surface area contributed by atoms with Crippen LogP contribution in [-0.2, 0) is 11.2 Å². The second kappa shape index (κ2) is 7.40. The first-order valence-corrected chi connectivity index (χ1v) is 9.53. The second-order valence-corrected chi connectivity index (χ2v) is 7.61. The Hall–Kier alpha value is -3.06. The Bertz CT molecular complexity index is 1070. The van der Waals surface area contributed by atoms with Gasteiger partial charge >= 0.3 is 5.97 Å². The number of benzene rings is 2. The quantitative estimate of drug-likeness (QED) is 0.706. The highest BCUT2D eigenvalue weighted by Gasteiger charge is 2.49. The summed E-state index contributed by atoms with van der Waals surface area (Å²) in [4.78, 5) is 23.3. The number of aliphatic hydroxyl groups excluding tert-OH is 1. The number of piperidine rings is 1. The minimum Gasteiger partial charge on any atom is -0.481 e. The first-order valence-electron chi connectivity index (χ1n) is 9.53. The summed E-state index contributed by atoms with van der Waals surface area (Å²) in [5, 5.41) is 21.7. The number of hydrogen-bond donors (Lipinski definition) is 2. The average Bonchev–Trinajstić information content (AvgIpc) is 2.69. The van der Waals surface area contributed by atoms with E-state index in [-0.39, 0.29) is 19.4 Å². The smallest absolute Gasteiger partial charge is 0.314 e. The number of carboxylic acid groups (broad SMARTS) is 1. The maximum atomic E-state index is 13.7. The monoisotopic (exact) mass is 395 g/mol. The summed E-state index contributed by atoms with van der Waals surface area (Å²) in [5.41, 5.74) is -0.143. The van der Waals surface area contributed by atoms with Crippen LogP contribution in [0.15, 0.2) is 48.5 Å². The number of anilines is 1. The normalized spacial score (nSPS) is 22.0. The number of aryl methyl sites for hydroxylation is 1. The molecule has 2 N–H and O–H groups in total. The van der Waals surface area contributed by atoms with Crippen molar-refractivity contribution in [3.8, 4) is 0 Å². The summed E-state index contributed by atoms with van der Waals surface area (Å²) in [6.45, 7) is 2.34. The highest BCUT2D eigenvalue weighted by molar-refractivity contribution is 5.90. The maximum Gasteiger partial charge on any atom is 0.314 e.